The highest BCUT2D eigenvalue weighted by molar-refractivity contribution is 6.10. The molecule has 0 fully saturated rings. The zero-order chi connectivity index (χ0) is 17.7. The fourth-order valence-corrected chi connectivity index (χ4v) is 1.99. The van der Waals surface area contributed by atoms with E-state index in [1.54, 1.807) is 19.9 Å². The summed E-state index contributed by atoms with van der Waals surface area (Å²) in [4.78, 5) is 33.1. The van der Waals surface area contributed by atoms with Crippen molar-refractivity contribution in [2.24, 2.45) is 0 Å². The van der Waals surface area contributed by atoms with E-state index < -0.39 is 17.6 Å². The third-order valence-electron chi connectivity index (χ3n) is 3.39. The summed E-state index contributed by atoms with van der Waals surface area (Å²) in [5, 5.41) is 5.10. The minimum atomic E-state index is -0.683. The van der Waals surface area contributed by atoms with Crippen LogP contribution in [0.3, 0.4) is 0 Å². The average Bonchev–Trinajstić information content (AvgIpc) is 2.56. The highest BCUT2D eigenvalue weighted by Crippen LogP contribution is 2.15. The molecule has 0 atom stereocenters. The Balaban J connectivity index is 2.37. The quantitative estimate of drug-likeness (QED) is 0.883. The summed E-state index contributed by atoms with van der Waals surface area (Å²) < 4.78 is 13.7. The number of carbonyl (C=O) groups excluding carboxylic acids is 2. The van der Waals surface area contributed by atoms with Crippen LogP contribution in [0.25, 0.3) is 0 Å². The Kier molecular flexibility index (Phi) is 5.57. The Hall–Kier alpha value is -2.83. The second-order valence-electron chi connectivity index (χ2n) is 5.28. The molecular weight excluding hydrogens is 311 g/mol. The van der Waals surface area contributed by atoms with Crippen LogP contribution in [0.5, 0.6) is 0 Å². The van der Waals surface area contributed by atoms with Crippen molar-refractivity contribution in [2.45, 2.75) is 27.2 Å². The van der Waals surface area contributed by atoms with E-state index in [4.69, 9.17) is 0 Å². The molecule has 1 heterocycles. The van der Waals surface area contributed by atoms with Gasteiger partial charge in [0.15, 0.2) is 11.4 Å². The lowest BCUT2D eigenvalue weighted by atomic mass is 10.2. The number of aryl methyl sites for hydroxylation is 2. The van der Waals surface area contributed by atoms with E-state index in [0.29, 0.717) is 17.9 Å². The first-order chi connectivity index (χ1) is 11.4. The van der Waals surface area contributed by atoms with Crippen LogP contribution in [0, 0.1) is 19.7 Å². The van der Waals surface area contributed by atoms with Crippen molar-refractivity contribution in [3.05, 3.63) is 52.9 Å². The summed E-state index contributed by atoms with van der Waals surface area (Å²) in [7, 11) is 0. The molecule has 0 aliphatic heterocycles. The molecule has 24 heavy (non-hydrogen) atoms. The van der Waals surface area contributed by atoms with Gasteiger partial charge >= 0.3 is 0 Å². The molecule has 0 spiro atoms. The number of carbonyl (C=O) groups is 2. The third kappa shape index (κ3) is 3.92. The first-order valence-corrected chi connectivity index (χ1v) is 7.63. The zero-order valence-corrected chi connectivity index (χ0v) is 13.8. The highest BCUT2D eigenvalue weighted by atomic mass is 19.1. The molecule has 0 aliphatic carbocycles. The van der Waals surface area contributed by atoms with Crippen LogP contribution in [0.4, 0.5) is 10.1 Å². The van der Waals surface area contributed by atoms with Crippen molar-refractivity contribution in [2.75, 3.05) is 11.9 Å². The summed E-state index contributed by atoms with van der Waals surface area (Å²) >= 11 is 0. The van der Waals surface area contributed by atoms with Gasteiger partial charge < -0.3 is 10.6 Å². The summed E-state index contributed by atoms with van der Waals surface area (Å²) in [6, 6.07) is 5.78. The molecule has 2 rings (SSSR count). The number of nitrogens with one attached hydrogen (secondary N) is 2. The minimum Gasteiger partial charge on any atom is -0.351 e. The lowest BCUT2D eigenvalue weighted by Crippen LogP contribution is -2.30. The Labute approximate surface area is 139 Å². The predicted octanol–water partition coefficient (Wildman–Crippen LogP) is 2.62. The first-order valence-electron chi connectivity index (χ1n) is 7.63. The Morgan fingerprint density at radius 1 is 1.04 bits per heavy atom. The van der Waals surface area contributed by atoms with Gasteiger partial charge in [-0.05, 0) is 32.4 Å². The number of para-hydroxylation sites is 1. The smallest absolute Gasteiger partial charge is 0.276 e. The summed E-state index contributed by atoms with van der Waals surface area (Å²) in [5.74, 6) is -1.73. The SMILES string of the molecule is CCCNC(=O)c1nc(C)c(C)nc1C(=O)Nc1ccccc1F. The number of amides is 2. The van der Waals surface area contributed by atoms with E-state index in [-0.39, 0.29) is 17.1 Å². The molecule has 0 aliphatic rings. The number of benzene rings is 1. The molecular formula is C17H19FN4O2. The second-order valence-corrected chi connectivity index (χ2v) is 5.28. The van der Waals surface area contributed by atoms with E-state index in [1.165, 1.54) is 18.2 Å². The summed E-state index contributed by atoms with van der Waals surface area (Å²) in [6.45, 7) is 5.77. The molecule has 1 aromatic heterocycles. The average molecular weight is 330 g/mol. The number of halogens is 1. The molecule has 1 aromatic carbocycles. The maximum Gasteiger partial charge on any atom is 0.276 e. The molecule has 2 N–H and O–H groups in total. The van der Waals surface area contributed by atoms with E-state index in [1.807, 2.05) is 6.92 Å². The van der Waals surface area contributed by atoms with Gasteiger partial charge in [-0.15, -0.1) is 0 Å². The summed E-state index contributed by atoms with van der Waals surface area (Å²) in [6.07, 6.45) is 0.751. The van der Waals surface area contributed by atoms with E-state index in [9.17, 15) is 14.0 Å². The van der Waals surface area contributed by atoms with Crippen LogP contribution in [0.15, 0.2) is 24.3 Å². The predicted molar refractivity (Wildman–Crippen MR) is 88.5 cm³/mol. The maximum atomic E-state index is 13.7. The van der Waals surface area contributed by atoms with E-state index >= 15 is 0 Å². The number of hydrogen-bond acceptors (Lipinski definition) is 4. The topological polar surface area (TPSA) is 84.0 Å². The molecule has 0 saturated carbocycles. The van der Waals surface area contributed by atoms with Crippen LogP contribution in [-0.2, 0) is 0 Å². The van der Waals surface area contributed by atoms with Crippen molar-refractivity contribution in [3.63, 3.8) is 0 Å². The van der Waals surface area contributed by atoms with Crippen molar-refractivity contribution >= 4 is 17.5 Å². The number of nitrogens with zero attached hydrogens (tertiary/aromatic N) is 2. The molecule has 0 bridgehead atoms. The maximum absolute atomic E-state index is 13.7. The Bertz CT molecular complexity index is 777. The van der Waals surface area contributed by atoms with Gasteiger partial charge in [0.1, 0.15) is 5.82 Å². The molecule has 6 nitrogen and oxygen atoms in total. The van der Waals surface area contributed by atoms with Gasteiger partial charge in [0.2, 0.25) is 0 Å². The van der Waals surface area contributed by atoms with Gasteiger partial charge in [-0.1, -0.05) is 19.1 Å². The van der Waals surface area contributed by atoms with Crippen LogP contribution in [0.2, 0.25) is 0 Å². The second kappa shape index (κ2) is 7.63. The van der Waals surface area contributed by atoms with Crippen LogP contribution in [-0.4, -0.2) is 28.3 Å². The molecule has 7 heteroatoms. The lowest BCUT2D eigenvalue weighted by Gasteiger charge is -2.11. The van der Waals surface area contributed by atoms with Gasteiger partial charge in [0, 0.05) is 6.54 Å². The van der Waals surface area contributed by atoms with Gasteiger partial charge in [0.05, 0.1) is 17.1 Å². The third-order valence-corrected chi connectivity index (χ3v) is 3.39. The Morgan fingerprint density at radius 3 is 2.21 bits per heavy atom. The zero-order valence-electron chi connectivity index (χ0n) is 13.8. The van der Waals surface area contributed by atoms with E-state index in [2.05, 4.69) is 20.6 Å². The van der Waals surface area contributed by atoms with Crippen molar-refractivity contribution in [1.82, 2.24) is 15.3 Å². The number of aromatic nitrogens is 2. The number of hydrogen-bond donors (Lipinski definition) is 2. The van der Waals surface area contributed by atoms with Crippen molar-refractivity contribution in [3.8, 4) is 0 Å². The molecule has 0 unspecified atom stereocenters. The summed E-state index contributed by atoms with van der Waals surface area (Å²) in [5.41, 5.74) is 0.901. The van der Waals surface area contributed by atoms with Gasteiger partial charge in [-0.25, -0.2) is 14.4 Å². The molecule has 2 aromatic rings. The molecule has 0 saturated heterocycles. The Morgan fingerprint density at radius 2 is 1.62 bits per heavy atom. The fraction of sp³-hybridized carbons (Fsp3) is 0.294. The van der Waals surface area contributed by atoms with E-state index in [0.717, 1.165) is 6.42 Å². The van der Waals surface area contributed by atoms with Gasteiger partial charge in [-0.3, -0.25) is 9.59 Å². The first kappa shape index (κ1) is 17.5. The normalized spacial score (nSPS) is 10.3. The highest BCUT2D eigenvalue weighted by Gasteiger charge is 2.22. The van der Waals surface area contributed by atoms with Crippen molar-refractivity contribution < 1.29 is 14.0 Å². The van der Waals surface area contributed by atoms with Gasteiger partial charge in [-0.2, -0.15) is 0 Å². The van der Waals surface area contributed by atoms with Crippen molar-refractivity contribution in [1.29, 1.82) is 0 Å². The van der Waals surface area contributed by atoms with Crippen LogP contribution < -0.4 is 10.6 Å². The number of anilines is 1. The molecule has 126 valence electrons. The minimum absolute atomic E-state index is 0.0162. The largest absolute Gasteiger partial charge is 0.351 e. The van der Waals surface area contributed by atoms with Crippen LogP contribution in [0.1, 0.15) is 45.7 Å². The standard InChI is InChI=1S/C17H19FN4O2/c1-4-9-19-16(23)14-15(21-11(3)10(2)20-14)17(24)22-13-8-6-5-7-12(13)18/h5-8H,4,9H2,1-3H3,(H,19,23)(H,22,24). The number of rotatable bonds is 5. The fourth-order valence-electron chi connectivity index (χ4n) is 1.99. The molecule has 0 radical (unpaired) electrons. The van der Waals surface area contributed by atoms with Crippen LogP contribution >= 0.6 is 0 Å². The molecule has 2 amide bonds. The monoisotopic (exact) mass is 330 g/mol. The van der Waals surface area contributed by atoms with Gasteiger partial charge in [0.25, 0.3) is 11.8 Å². The lowest BCUT2D eigenvalue weighted by molar-refractivity contribution is 0.0932.